The Labute approximate surface area is 151 Å². The second-order valence-corrected chi connectivity index (χ2v) is 6.38. The van der Waals surface area contributed by atoms with E-state index in [4.69, 9.17) is 0 Å². The third-order valence-corrected chi connectivity index (χ3v) is 4.79. The Kier molecular flexibility index (Phi) is 3.46. The van der Waals surface area contributed by atoms with Gasteiger partial charge in [0.25, 0.3) is 0 Å². The first-order valence-electron chi connectivity index (χ1n) is 8.81. The minimum atomic E-state index is 1.10. The standard InChI is InChI=1S/C24H18N2/c1-2-10-18(11-3-1)26-23-16-8-5-13-20(23)19-12-4-6-14-21(19)25-22-15-7-9-17-24(22)26/h1-17,25H. The van der Waals surface area contributed by atoms with E-state index in [1.165, 1.54) is 16.3 Å². The number of aromatic nitrogens is 2. The van der Waals surface area contributed by atoms with Crippen LogP contribution in [0.3, 0.4) is 0 Å². The maximum atomic E-state index is 3.64. The summed E-state index contributed by atoms with van der Waals surface area (Å²) in [6.45, 7) is 0. The zero-order chi connectivity index (χ0) is 17.3. The molecule has 26 heavy (non-hydrogen) atoms. The lowest BCUT2D eigenvalue weighted by molar-refractivity contribution is 1.16. The first kappa shape index (κ1) is 14.8. The second kappa shape index (κ2) is 6.08. The molecule has 2 heteroatoms. The maximum Gasteiger partial charge on any atom is 0.0696 e. The predicted molar refractivity (Wildman–Crippen MR) is 110 cm³/mol. The van der Waals surface area contributed by atoms with Gasteiger partial charge in [0.1, 0.15) is 0 Å². The molecule has 0 saturated heterocycles. The second-order valence-electron chi connectivity index (χ2n) is 6.38. The van der Waals surface area contributed by atoms with Crippen molar-refractivity contribution in [2.24, 2.45) is 0 Å². The van der Waals surface area contributed by atoms with Crippen molar-refractivity contribution in [2.45, 2.75) is 0 Å². The summed E-state index contributed by atoms with van der Waals surface area (Å²) in [5.41, 5.74) is 5.69. The average molecular weight is 334 g/mol. The van der Waals surface area contributed by atoms with E-state index in [2.05, 4.69) is 113 Å². The van der Waals surface area contributed by atoms with Crippen molar-refractivity contribution in [3.8, 4) is 5.69 Å². The van der Waals surface area contributed by atoms with Crippen LogP contribution in [0.25, 0.3) is 38.5 Å². The number of para-hydroxylation sites is 5. The zero-order valence-corrected chi connectivity index (χ0v) is 14.3. The van der Waals surface area contributed by atoms with Crippen LogP contribution in [0.15, 0.2) is 103 Å². The van der Waals surface area contributed by atoms with E-state index in [0.29, 0.717) is 0 Å². The van der Waals surface area contributed by atoms with E-state index in [1.807, 2.05) is 0 Å². The fraction of sp³-hybridized carbons (Fsp3) is 0. The molecule has 4 aromatic carbocycles. The number of nitrogens with zero attached hydrogens (tertiary/aromatic N) is 1. The molecule has 1 heterocycles. The van der Waals surface area contributed by atoms with Gasteiger partial charge in [0.15, 0.2) is 0 Å². The number of nitrogens with one attached hydrogen (secondary N) is 1. The Hall–Kier alpha value is -3.52. The highest BCUT2D eigenvalue weighted by atomic mass is 15.0. The van der Waals surface area contributed by atoms with E-state index in [0.717, 1.165) is 22.2 Å². The minimum absolute atomic E-state index is 1.10. The van der Waals surface area contributed by atoms with E-state index in [1.54, 1.807) is 0 Å². The Morgan fingerprint density at radius 3 is 1.85 bits per heavy atom. The van der Waals surface area contributed by atoms with Crippen LogP contribution in [0.5, 0.6) is 0 Å². The number of benzene rings is 4. The minimum Gasteiger partial charge on any atom is -0.353 e. The molecule has 0 aliphatic rings. The molecule has 2 nitrogen and oxygen atoms in total. The maximum absolute atomic E-state index is 3.64. The number of hydrogen-bond acceptors (Lipinski definition) is 0. The summed E-state index contributed by atoms with van der Waals surface area (Å²) < 4.78 is 2.33. The van der Waals surface area contributed by atoms with Crippen molar-refractivity contribution in [3.63, 3.8) is 0 Å². The molecule has 0 aliphatic heterocycles. The molecule has 0 aliphatic carbocycles. The molecule has 0 unspecified atom stereocenters. The van der Waals surface area contributed by atoms with Gasteiger partial charge in [-0.05, 0) is 36.4 Å². The van der Waals surface area contributed by atoms with Crippen LogP contribution in [0.4, 0.5) is 0 Å². The number of rotatable bonds is 1. The monoisotopic (exact) mass is 334 g/mol. The topological polar surface area (TPSA) is 20.7 Å². The van der Waals surface area contributed by atoms with E-state index >= 15 is 0 Å². The number of hydrogen-bond donors (Lipinski definition) is 1. The Bertz CT molecular complexity index is 1280. The number of aromatic amines is 1. The quantitative estimate of drug-likeness (QED) is 0.367. The van der Waals surface area contributed by atoms with Crippen molar-refractivity contribution >= 4 is 32.8 Å². The molecular formula is C24H18N2. The summed E-state index contributed by atoms with van der Waals surface area (Å²) in [5.74, 6) is 0. The molecule has 0 atom stereocenters. The van der Waals surface area contributed by atoms with Crippen LogP contribution >= 0.6 is 0 Å². The highest BCUT2D eigenvalue weighted by molar-refractivity contribution is 6.05. The van der Waals surface area contributed by atoms with E-state index in [-0.39, 0.29) is 0 Å². The third-order valence-electron chi connectivity index (χ3n) is 4.79. The van der Waals surface area contributed by atoms with Crippen molar-refractivity contribution in [2.75, 3.05) is 0 Å². The van der Waals surface area contributed by atoms with Crippen LogP contribution in [0, 0.1) is 0 Å². The van der Waals surface area contributed by atoms with Gasteiger partial charge < -0.3 is 9.55 Å². The lowest BCUT2D eigenvalue weighted by atomic mass is 10.1. The van der Waals surface area contributed by atoms with Crippen LogP contribution < -0.4 is 0 Å². The van der Waals surface area contributed by atoms with Gasteiger partial charge in [0.2, 0.25) is 0 Å². The lowest BCUT2D eigenvalue weighted by Crippen LogP contribution is -1.99. The molecule has 0 spiro atoms. The van der Waals surface area contributed by atoms with Crippen LogP contribution in [-0.4, -0.2) is 9.55 Å². The molecule has 0 bridgehead atoms. The summed E-state index contributed by atoms with van der Waals surface area (Å²) in [6, 6.07) is 36.1. The zero-order valence-electron chi connectivity index (χ0n) is 14.3. The van der Waals surface area contributed by atoms with Crippen LogP contribution in [0.1, 0.15) is 0 Å². The highest BCUT2D eigenvalue weighted by Gasteiger charge is 2.07. The molecule has 1 N–H and O–H groups in total. The van der Waals surface area contributed by atoms with Gasteiger partial charge in [-0.15, -0.1) is 0 Å². The first-order valence-corrected chi connectivity index (χ1v) is 8.81. The van der Waals surface area contributed by atoms with Crippen LogP contribution in [-0.2, 0) is 0 Å². The van der Waals surface area contributed by atoms with Crippen molar-refractivity contribution in [1.82, 2.24) is 9.55 Å². The molecule has 0 radical (unpaired) electrons. The Morgan fingerprint density at radius 2 is 1.04 bits per heavy atom. The highest BCUT2D eigenvalue weighted by Crippen LogP contribution is 2.27. The van der Waals surface area contributed by atoms with Gasteiger partial charge in [-0.2, -0.15) is 0 Å². The molecule has 0 saturated carbocycles. The summed E-state index contributed by atoms with van der Waals surface area (Å²) in [5, 5.41) is 2.42. The molecule has 0 fully saturated rings. The van der Waals surface area contributed by atoms with Gasteiger partial charge in [-0.3, -0.25) is 0 Å². The predicted octanol–water partition coefficient (Wildman–Crippen LogP) is 6.39. The summed E-state index contributed by atoms with van der Waals surface area (Å²) >= 11 is 0. The first-order chi connectivity index (χ1) is 12.9. The molecule has 5 rings (SSSR count). The summed E-state index contributed by atoms with van der Waals surface area (Å²) in [4.78, 5) is 3.64. The molecular weight excluding hydrogens is 316 g/mol. The van der Waals surface area contributed by atoms with Crippen molar-refractivity contribution < 1.29 is 0 Å². The van der Waals surface area contributed by atoms with Gasteiger partial charge in [-0.25, -0.2) is 0 Å². The van der Waals surface area contributed by atoms with E-state index in [9.17, 15) is 0 Å². The van der Waals surface area contributed by atoms with Gasteiger partial charge in [-0.1, -0.05) is 66.7 Å². The molecule has 124 valence electrons. The van der Waals surface area contributed by atoms with Crippen LogP contribution in [0.2, 0.25) is 0 Å². The molecule has 5 aromatic rings. The lowest BCUT2D eigenvalue weighted by Gasteiger charge is -2.15. The Balaban J connectivity index is 2.15. The fourth-order valence-corrected chi connectivity index (χ4v) is 3.63. The number of fused-ring (bicyclic) bond motifs is 4. The third kappa shape index (κ3) is 2.35. The van der Waals surface area contributed by atoms with Gasteiger partial charge >= 0.3 is 0 Å². The van der Waals surface area contributed by atoms with Gasteiger partial charge in [0, 0.05) is 22.0 Å². The Morgan fingerprint density at radius 1 is 0.462 bits per heavy atom. The smallest absolute Gasteiger partial charge is 0.0696 e. The summed E-state index contributed by atoms with van der Waals surface area (Å²) in [6.07, 6.45) is 0. The fourth-order valence-electron chi connectivity index (χ4n) is 3.63. The van der Waals surface area contributed by atoms with E-state index < -0.39 is 0 Å². The molecule has 0 amide bonds. The average Bonchev–Trinajstić information content (AvgIpc) is 2.70. The van der Waals surface area contributed by atoms with Crippen molar-refractivity contribution in [1.29, 1.82) is 0 Å². The van der Waals surface area contributed by atoms with Gasteiger partial charge in [0.05, 0.1) is 16.6 Å². The number of H-pyrrole nitrogens is 1. The summed E-state index contributed by atoms with van der Waals surface area (Å²) in [7, 11) is 0. The molecule has 1 aromatic heterocycles. The largest absolute Gasteiger partial charge is 0.353 e. The normalized spacial score (nSPS) is 11.1. The SMILES string of the molecule is c1ccc(-n2c3ccccc3[nH]c3ccccc3c3ccccc32)cc1. The van der Waals surface area contributed by atoms with Crippen molar-refractivity contribution in [3.05, 3.63) is 103 Å².